The van der Waals surface area contributed by atoms with Crippen LogP contribution in [0.15, 0.2) is 32.6 Å². The zero-order valence-corrected chi connectivity index (χ0v) is 8.40. The maximum absolute atomic E-state index is 3.73. The van der Waals surface area contributed by atoms with E-state index in [9.17, 15) is 0 Å². The van der Waals surface area contributed by atoms with Gasteiger partial charge in [-0.1, -0.05) is 27.0 Å². The lowest BCUT2D eigenvalue weighted by atomic mass is 10.6. The van der Waals surface area contributed by atoms with Crippen LogP contribution >= 0.6 is 0 Å². The van der Waals surface area contributed by atoms with Crippen LogP contribution in [0.2, 0.25) is 0 Å². The fourth-order valence-electron chi connectivity index (χ4n) is 0.538. The molecule has 13 heavy (non-hydrogen) atoms. The Morgan fingerprint density at radius 1 is 1.31 bits per heavy atom. The molecular weight excluding hydrogens is 162 g/mol. The first-order valence-corrected chi connectivity index (χ1v) is 4.03. The molecule has 3 nitrogen and oxygen atoms in total. The largest absolute Gasteiger partial charge is 0.290 e. The standard InChI is InChI=1S/C6H7N3.C2H6.C2H4/c1-3-6-8-7-5-9(6)4-2;2*1-2/h3-5H,1-2H2;1-2H3;1-2H2. The number of nitrogens with zero attached hydrogens (tertiary/aromatic N) is 3. The minimum absolute atomic E-state index is 0.713. The van der Waals surface area contributed by atoms with Crippen LogP contribution in [0, 0.1) is 0 Å². The van der Waals surface area contributed by atoms with Gasteiger partial charge in [-0.2, -0.15) is 0 Å². The molecule has 0 N–H and O–H groups in total. The zero-order chi connectivity index (χ0) is 10.7. The predicted molar refractivity (Wildman–Crippen MR) is 59.1 cm³/mol. The third-order valence-electron chi connectivity index (χ3n) is 0.980. The topological polar surface area (TPSA) is 30.7 Å². The van der Waals surface area contributed by atoms with Crippen molar-refractivity contribution in [1.29, 1.82) is 0 Å². The number of hydrogen-bond acceptors (Lipinski definition) is 2. The number of rotatable bonds is 2. The molecule has 1 heterocycles. The van der Waals surface area contributed by atoms with E-state index in [-0.39, 0.29) is 0 Å². The average molecular weight is 179 g/mol. The second-order valence-corrected chi connectivity index (χ2v) is 1.48. The van der Waals surface area contributed by atoms with Gasteiger partial charge in [-0.05, 0) is 6.08 Å². The summed E-state index contributed by atoms with van der Waals surface area (Å²) < 4.78 is 1.69. The molecule has 0 bridgehead atoms. The van der Waals surface area contributed by atoms with Gasteiger partial charge in [0.25, 0.3) is 0 Å². The lowest BCUT2D eigenvalue weighted by molar-refractivity contribution is 1.08. The molecule has 1 rings (SSSR count). The molecule has 0 saturated heterocycles. The first-order chi connectivity index (χ1) is 6.38. The van der Waals surface area contributed by atoms with Gasteiger partial charge in [0.2, 0.25) is 0 Å². The van der Waals surface area contributed by atoms with Crippen molar-refractivity contribution in [3.05, 3.63) is 38.5 Å². The molecule has 1 aromatic heterocycles. The highest BCUT2D eigenvalue weighted by molar-refractivity contribution is 5.40. The Kier molecular flexibility index (Phi) is 11.1. The minimum Gasteiger partial charge on any atom is -0.290 e. The van der Waals surface area contributed by atoms with Crippen LogP contribution in [-0.4, -0.2) is 14.8 Å². The lowest BCUT2D eigenvalue weighted by Crippen LogP contribution is -1.85. The third-order valence-corrected chi connectivity index (χ3v) is 0.980. The summed E-state index contributed by atoms with van der Waals surface area (Å²) in [7, 11) is 0. The van der Waals surface area contributed by atoms with Gasteiger partial charge in [0, 0.05) is 6.20 Å². The highest BCUT2D eigenvalue weighted by atomic mass is 15.2. The molecule has 0 unspecified atom stereocenters. The maximum atomic E-state index is 3.73. The fourth-order valence-corrected chi connectivity index (χ4v) is 0.538. The second-order valence-electron chi connectivity index (χ2n) is 1.48. The van der Waals surface area contributed by atoms with Crippen LogP contribution < -0.4 is 0 Å². The summed E-state index contributed by atoms with van der Waals surface area (Å²) >= 11 is 0. The van der Waals surface area contributed by atoms with Gasteiger partial charge in [0.15, 0.2) is 5.82 Å². The van der Waals surface area contributed by atoms with Crippen LogP contribution in [0.3, 0.4) is 0 Å². The Bertz CT molecular complexity index is 216. The Morgan fingerprint density at radius 2 is 1.85 bits per heavy atom. The lowest BCUT2D eigenvalue weighted by Gasteiger charge is -1.89. The molecule has 0 spiro atoms. The number of aromatic nitrogens is 3. The molecule has 0 aliphatic carbocycles. The first kappa shape index (κ1) is 13.9. The Balaban J connectivity index is 0. The Hall–Kier alpha value is -1.64. The van der Waals surface area contributed by atoms with E-state index >= 15 is 0 Å². The highest BCUT2D eigenvalue weighted by Gasteiger charge is 1.91. The highest BCUT2D eigenvalue weighted by Crippen LogP contribution is 1.94. The molecule has 0 radical (unpaired) electrons. The number of hydrogen-bond donors (Lipinski definition) is 0. The Labute approximate surface area is 80.1 Å². The molecule has 0 saturated carbocycles. The van der Waals surface area contributed by atoms with Crippen LogP contribution in [0.4, 0.5) is 0 Å². The van der Waals surface area contributed by atoms with Crippen molar-refractivity contribution in [2.24, 2.45) is 0 Å². The van der Waals surface area contributed by atoms with E-state index in [2.05, 4.69) is 36.5 Å². The van der Waals surface area contributed by atoms with Crippen molar-refractivity contribution in [3.63, 3.8) is 0 Å². The van der Waals surface area contributed by atoms with Gasteiger partial charge < -0.3 is 0 Å². The van der Waals surface area contributed by atoms with Crippen molar-refractivity contribution in [2.45, 2.75) is 13.8 Å². The van der Waals surface area contributed by atoms with Crippen LogP contribution in [-0.2, 0) is 0 Å². The van der Waals surface area contributed by atoms with Crippen molar-refractivity contribution in [1.82, 2.24) is 14.8 Å². The van der Waals surface area contributed by atoms with E-state index in [0.717, 1.165) is 0 Å². The SMILES string of the molecule is C=C.C=Cc1nncn1C=C.CC. The quantitative estimate of drug-likeness (QED) is 0.653. The second kappa shape index (κ2) is 10.4. The molecule has 0 amide bonds. The van der Waals surface area contributed by atoms with E-state index in [1.54, 1.807) is 23.2 Å². The van der Waals surface area contributed by atoms with Gasteiger partial charge in [-0.15, -0.1) is 23.4 Å². The van der Waals surface area contributed by atoms with Gasteiger partial charge in [0.1, 0.15) is 6.33 Å². The van der Waals surface area contributed by atoms with Crippen molar-refractivity contribution in [2.75, 3.05) is 0 Å². The third kappa shape index (κ3) is 4.74. The molecule has 3 heteroatoms. The summed E-state index contributed by atoms with van der Waals surface area (Å²) in [6, 6.07) is 0. The van der Waals surface area contributed by atoms with Gasteiger partial charge in [0.05, 0.1) is 0 Å². The molecule has 0 aliphatic rings. The first-order valence-electron chi connectivity index (χ1n) is 4.03. The van der Waals surface area contributed by atoms with Gasteiger partial charge >= 0.3 is 0 Å². The monoisotopic (exact) mass is 179 g/mol. The normalized spacial score (nSPS) is 6.92. The fraction of sp³-hybridized carbons (Fsp3) is 0.200. The summed E-state index contributed by atoms with van der Waals surface area (Å²) in [5.74, 6) is 0.713. The van der Waals surface area contributed by atoms with Gasteiger partial charge in [-0.25, -0.2) is 0 Å². The average Bonchev–Trinajstić information content (AvgIpc) is 2.70. The Morgan fingerprint density at radius 3 is 2.15 bits per heavy atom. The predicted octanol–water partition coefficient (Wildman–Crippen LogP) is 2.85. The van der Waals surface area contributed by atoms with E-state index in [0.29, 0.717) is 5.82 Å². The molecule has 0 fully saturated rings. The maximum Gasteiger partial charge on any atom is 0.159 e. The van der Waals surface area contributed by atoms with E-state index in [4.69, 9.17) is 0 Å². The molecule has 0 atom stereocenters. The van der Waals surface area contributed by atoms with Gasteiger partial charge in [-0.3, -0.25) is 4.57 Å². The molecule has 0 aliphatic heterocycles. The summed E-state index contributed by atoms with van der Waals surface area (Å²) in [6.07, 6.45) is 4.82. The van der Waals surface area contributed by atoms with E-state index < -0.39 is 0 Å². The van der Waals surface area contributed by atoms with Crippen LogP contribution in [0.5, 0.6) is 0 Å². The van der Waals surface area contributed by atoms with Crippen LogP contribution in [0.1, 0.15) is 19.7 Å². The molecular formula is C10H17N3. The zero-order valence-electron chi connectivity index (χ0n) is 8.40. The van der Waals surface area contributed by atoms with E-state index in [1.165, 1.54) is 0 Å². The smallest absolute Gasteiger partial charge is 0.159 e. The summed E-state index contributed by atoms with van der Waals surface area (Å²) in [5.41, 5.74) is 0. The van der Waals surface area contributed by atoms with E-state index in [1.807, 2.05) is 13.8 Å². The van der Waals surface area contributed by atoms with Crippen molar-refractivity contribution in [3.8, 4) is 0 Å². The molecule has 0 aromatic carbocycles. The van der Waals surface area contributed by atoms with Crippen LogP contribution in [0.25, 0.3) is 12.3 Å². The summed E-state index contributed by atoms with van der Waals surface area (Å²) in [5, 5.41) is 7.36. The van der Waals surface area contributed by atoms with Crippen molar-refractivity contribution >= 4 is 12.3 Å². The summed E-state index contributed by atoms with van der Waals surface area (Å²) in [4.78, 5) is 0. The molecule has 1 aromatic rings. The summed E-state index contributed by atoms with van der Waals surface area (Å²) in [6.45, 7) is 17.1. The van der Waals surface area contributed by atoms with Crippen molar-refractivity contribution < 1.29 is 0 Å². The molecule has 72 valence electrons. The minimum atomic E-state index is 0.713.